The average Bonchev–Trinajstić information content (AvgIpc) is 2.37. The van der Waals surface area contributed by atoms with Gasteiger partial charge >= 0.3 is 0 Å². The van der Waals surface area contributed by atoms with Crippen LogP contribution in [0, 0.1) is 5.92 Å². The fraction of sp³-hybridized carbons (Fsp3) is 0.647. The molecule has 1 aliphatic rings. The molecule has 0 bridgehead atoms. The van der Waals surface area contributed by atoms with Crippen LogP contribution in [-0.4, -0.2) is 16.9 Å². The number of halogens is 1. The number of amides is 1. The Morgan fingerprint density at radius 3 is 2.67 bits per heavy atom. The van der Waals surface area contributed by atoms with Crippen LogP contribution in [0.2, 0.25) is 5.15 Å². The summed E-state index contributed by atoms with van der Waals surface area (Å²) in [6, 6.07) is 3.79. The maximum absolute atomic E-state index is 12.5. The lowest BCUT2D eigenvalue weighted by Gasteiger charge is -2.27. The molecule has 21 heavy (non-hydrogen) atoms. The van der Waals surface area contributed by atoms with Crippen molar-refractivity contribution in [3.63, 3.8) is 0 Å². The fourth-order valence-electron chi connectivity index (χ4n) is 2.85. The van der Waals surface area contributed by atoms with Crippen LogP contribution in [0.5, 0.6) is 0 Å². The van der Waals surface area contributed by atoms with Crippen molar-refractivity contribution in [2.45, 2.75) is 64.8 Å². The summed E-state index contributed by atoms with van der Waals surface area (Å²) in [5, 5.41) is 3.53. The highest BCUT2D eigenvalue weighted by atomic mass is 35.5. The molecule has 1 aliphatic carbocycles. The van der Waals surface area contributed by atoms with Crippen molar-refractivity contribution in [1.82, 2.24) is 10.3 Å². The van der Waals surface area contributed by atoms with Gasteiger partial charge in [-0.2, -0.15) is 0 Å². The molecule has 1 heterocycles. The van der Waals surface area contributed by atoms with Crippen LogP contribution in [0.3, 0.4) is 0 Å². The highest BCUT2D eigenvalue weighted by molar-refractivity contribution is 6.29. The highest BCUT2D eigenvalue weighted by Gasteiger charge is 2.23. The van der Waals surface area contributed by atoms with Crippen molar-refractivity contribution in [2.75, 3.05) is 0 Å². The first kappa shape index (κ1) is 16.3. The number of nitrogens with zero attached hydrogens (tertiary/aromatic N) is 1. The predicted octanol–water partition coefficient (Wildman–Crippen LogP) is 4.34. The zero-order valence-electron chi connectivity index (χ0n) is 13.4. The number of pyridine rings is 1. The van der Waals surface area contributed by atoms with E-state index in [1.54, 1.807) is 6.07 Å². The second kappa shape index (κ2) is 6.35. The molecule has 1 saturated carbocycles. The van der Waals surface area contributed by atoms with Crippen LogP contribution < -0.4 is 5.32 Å². The third kappa shape index (κ3) is 4.44. The third-order valence-corrected chi connectivity index (χ3v) is 4.29. The summed E-state index contributed by atoms with van der Waals surface area (Å²) in [5.41, 5.74) is 1.33. The molecule has 2 rings (SSSR count). The van der Waals surface area contributed by atoms with Gasteiger partial charge in [0.15, 0.2) is 0 Å². The maximum atomic E-state index is 12.5. The lowest BCUT2D eigenvalue weighted by molar-refractivity contribution is 0.0921. The summed E-state index contributed by atoms with van der Waals surface area (Å²) >= 11 is 6.07. The summed E-state index contributed by atoms with van der Waals surface area (Å²) < 4.78 is 0. The molecule has 1 aromatic heterocycles. The van der Waals surface area contributed by atoms with Gasteiger partial charge in [0, 0.05) is 22.7 Å². The molecule has 0 aliphatic heterocycles. The van der Waals surface area contributed by atoms with E-state index in [1.807, 2.05) is 6.07 Å². The van der Waals surface area contributed by atoms with Crippen molar-refractivity contribution in [2.24, 2.45) is 5.92 Å². The molecule has 2 unspecified atom stereocenters. The maximum Gasteiger partial charge on any atom is 0.251 e. The first-order chi connectivity index (χ1) is 9.75. The topological polar surface area (TPSA) is 42.0 Å². The lowest BCUT2D eigenvalue weighted by Crippen LogP contribution is -2.38. The molecule has 1 amide bonds. The molecule has 3 nitrogen and oxygen atoms in total. The molecule has 0 saturated heterocycles. The zero-order valence-corrected chi connectivity index (χ0v) is 14.1. The number of hydrogen-bond acceptors (Lipinski definition) is 2. The Bertz CT molecular complexity index is 522. The monoisotopic (exact) mass is 308 g/mol. The molecule has 1 aromatic rings. The second-order valence-corrected chi connectivity index (χ2v) is 7.64. The van der Waals surface area contributed by atoms with Crippen LogP contribution in [0.25, 0.3) is 0 Å². The second-order valence-electron chi connectivity index (χ2n) is 7.26. The SMILES string of the molecule is CC1CCCC(NC(=O)c2cc(Cl)nc(C(C)(C)C)c2)C1. The Morgan fingerprint density at radius 1 is 1.33 bits per heavy atom. The first-order valence-corrected chi connectivity index (χ1v) is 8.12. The molecule has 2 atom stereocenters. The lowest BCUT2D eigenvalue weighted by atomic mass is 9.87. The van der Waals surface area contributed by atoms with Crippen molar-refractivity contribution >= 4 is 17.5 Å². The molecule has 1 fully saturated rings. The van der Waals surface area contributed by atoms with Gasteiger partial charge in [0.25, 0.3) is 5.91 Å². The van der Waals surface area contributed by atoms with Crippen molar-refractivity contribution in [3.05, 3.63) is 28.5 Å². The number of carbonyl (C=O) groups is 1. The van der Waals surface area contributed by atoms with Crippen LogP contribution >= 0.6 is 11.6 Å². The minimum absolute atomic E-state index is 0.0381. The summed E-state index contributed by atoms with van der Waals surface area (Å²) in [6.45, 7) is 8.45. The number of carbonyl (C=O) groups excluding carboxylic acids is 1. The van der Waals surface area contributed by atoms with Crippen LogP contribution in [0.4, 0.5) is 0 Å². The van der Waals surface area contributed by atoms with Gasteiger partial charge in [-0.3, -0.25) is 4.79 Å². The van der Waals surface area contributed by atoms with E-state index in [2.05, 4.69) is 38.0 Å². The molecule has 1 N–H and O–H groups in total. The Labute approximate surface area is 132 Å². The van der Waals surface area contributed by atoms with E-state index in [0.29, 0.717) is 16.6 Å². The molecular weight excluding hydrogens is 284 g/mol. The molecule has 0 spiro atoms. The van der Waals surface area contributed by atoms with Gasteiger partial charge in [-0.1, -0.05) is 52.1 Å². The largest absolute Gasteiger partial charge is 0.349 e. The molecule has 4 heteroatoms. The average molecular weight is 309 g/mol. The molecule has 0 aromatic carbocycles. The van der Waals surface area contributed by atoms with E-state index in [0.717, 1.165) is 18.5 Å². The smallest absolute Gasteiger partial charge is 0.251 e. The minimum Gasteiger partial charge on any atom is -0.349 e. The number of rotatable bonds is 2. The van der Waals surface area contributed by atoms with Gasteiger partial charge < -0.3 is 5.32 Å². The Morgan fingerprint density at radius 2 is 2.05 bits per heavy atom. The number of aromatic nitrogens is 1. The van der Waals surface area contributed by atoms with E-state index >= 15 is 0 Å². The quantitative estimate of drug-likeness (QED) is 0.826. The van der Waals surface area contributed by atoms with Crippen molar-refractivity contribution in [3.8, 4) is 0 Å². The van der Waals surface area contributed by atoms with Crippen molar-refractivity contribution in [1.29, 1.82) is 0 Å². The molecule has 0 radical (unpaired) electrons. The number of nitrogens with one attached hydrogen (secondary N) is 1. The normalized spacial score (nSPS) is 22.9. The van der Waals surface area contributed by atoms with Gasteiger partial charge in [0.1, 0.15) is 5.15 Å². The molecular formula is C17H25ClN2O. The van der Waals surface area contributed by atoms with E-state index in [9.17, 15) is 4.79 Å². The van der Waals surface area contributed by atoms with Gasteiger partial charge in [0.2, 0.25) is 0 Å². The van der Waals surface area contributed by atoms with Crippen LogP contribution in [-0.2, 0) is 5.41 Å². The van der Waals surface area contributed by atoms with Gasteiger partial charge in [-0.25, -0.2) is 4.98 Å². The van der Waals surface area contributed by atoms with E-state index in [1.165, 1.54) is 12.8 Å². The van der Waals surface area contributed by atoms with Gasteiger partial charge in [-0.05, 0) is 30.9 Å². The number of hydrogen-bond donors (Lipinski definition) is 1. The van der Waals surface area contributed by atoms with Crippen LogP contribution in [0.1, 0.15) is 69.4 Å². The van der Waals surface area contributed by atoms with E-state index in [4.69, 9.17) is 11.6 Å². The minimum atomic E-state index is -0.126. The Kier molecular flexibility index (Phi) is 4.92. The third-order valence-electron chi connectivity index (χ3n) is 4.10. The summed E-state index contributed by atoms with van der Waals surface area (Å²) in [6.07, 6.45) is 4.59. The standard InChI is InChI=1S/C17H25ClN2O/c1-11-6-5-7-13(8-11)19-16(21)12-9-14(17(2,3)4)20-15(18)10-12/h9-11,13H,5-8H2,1-4H3,(H,19,21). The Hall–Kier alpha value is -1.09. The van der Waals surface area contributed by atoms with E-state index in [-0.39, 0.29) is 17.4 Å². The van der Waals surface area contributed by atoms with Crippen LogP contribution in [0.15, 0.2) is 12.1 Å². The molecule has 116 valence electrons. The summed E-state index contributed by atoms with van der Waals surface area (Å²) in [7, 11) is 0. The fourth-order valence-corrected chi connectivity index (χ4v) is 3.05. The van der Waals surface area contributed by atoms with Gasteiger partial charge in [-0.15, -0.1) is 0 Å². The van der Waals surface area contributed by atoms with E-state index < -0.39 is 0 Å². The zero-order chi connectivity index (χ0) is 15.6. The summed E-state index contributed by atoms with van der Waals surface area (Å²) in [5.74, 6) is 0.652. The predicted molar refractivity (Wildman–Crippen MR) is 86.8 cm³/mol. The summed E-state index contributed by atoms with van der Waals surface area (Å²) in [4.78, 5) is 16.8. The first-order valence-electron chi connectivity index (χ1n) is 7.74. The van der Waals surface area contributed by atoms with Crippen molar-refractivity contribution < 1.29 is 4.79 Å². The highest BCUT2D eigenvalue weighted by Crippen LogP contribution is 2.25. The Balaban J connectivity index is 2.13. The van der Waals surface area contributed by atoms with Gasteiger partial charge in [0.05, 0.1) is 0 Å².